The highest BCUT2D eigenvalue weighted by Crippen LogP contribution is 2.11. The zero-order valence-electron chi connectivity index (χ0n) is 10.3. The average Bonchev–Trinajstić information content (AvgIpc) is 2.50. The minimum Gasteiger partial charge on any atom is -0.481 e. The van der Waals surface area contributed by atoms with Gasteiger partial charge in [0.05, 0.1) is 12.1 Å². The van der Waals surface area contributed by atoms with Crippen molar-refractivity contribution < 1.29 is 9.90 Å². The third-order valence-corrected chi connectivity index (χ3v) is 1.98. The van der Waals surface area contributed by atoms with Crippen LogP contribution >= 0.6 is 0 Å². The van der Waals surface area contributed by atoms with Gasteiger partial charge in [0.25, 0.3) is 0 Å². The molecule has 1 rings (SSSR count). The van der Waals surface area contributed by atoms with Gasteiger partial charge in [-0.15, -0.1) is 0 Å². The molecule has 0 radical (unpaired) electrons. The van der Waals surface area contributed by atoms with Crippen molar-refractivity contribution in [1.82, 2.24) is 9.80 Å². The van der Waals surface area contributed by atoms with E-state index in [1.807, 2.05) is 0 Å². The van der Waals surface area contributed by atoms with E-state index in [-0.39, 0.29) is 0 Å². The summed E-state index contributed by atoms with van der Waals surface area (Å²) in [6, 6.07) is 0. The molecule has 15 heavy (non-hydrogen) atoms. The fraction of sp³-hybridized carbons (Fsp3) is 0.727. The quantitative estimate of drug-likeness (QED) is 0.723. The summed E-state index contributed by atoms with van der Waals surface area (Å²) in [7, 11) is 2.08. The molecule has 1 aliphatic heterocycles. The molecular formula is C11H22N2O2. The fourth-order valence-electron chi connectivity index (χ4n) is 0.794. The summed E-state index contributed by atoms with van der Waals surface area (Å²) in [6.45, 7) is 9.31. The first-order chi connectivity index (χ1) is 6.77. The molecule has 0 aromatic carbocycles. The zero-order valence-corrected chi connectivity index (χ0v) is 10.3. The van der Waals surface area contributed by atoms with E-state index in [1.165, 1.54) is 0 Å². The summed E-state index contributed by atoms with van der Waals surface area (Å²) in [5.41, 5.74) is -0.583. The molecule has 0 bridgehead atoms. The minimum atomic E-state index is -0.757. The van der Waals surface area contributed by atoms with Crippen LogP contribution < -0.4 is 0 Å². The molecule has 0 unspecified atom stereocenters. The molecule has 0 amide bonds. The van der Waals surface area contributed by atoms with Crippen LogP contribution in [-0.2, 0) is 4.79 Å². The second kappa shape index (κ2) is 5.63. The van der Waals surface area contributed by atoms with Crippen LogP contribution in [0.5, 0.6) is 0 Å². The van der Waals surface area contributed by atoms with Gasteiger partial charge in [-0.05, 0) is 27.7 Å². The maximum absolute atomic E-state index is 10.0. The van der Waals surface area contributed by atoms with Crippen molar-refractivity contribution in [3.05, 3.63) is 12.4 Å². The largest absolute Gasteiger partial charge is 0.481 e. The number of carbonyl (C=O) groups is 1. The molecule has 0 saturated carbocycles. The summed E-state index contributed by atoms with van der Waals surface area (Å²) < 4.78 is 0. The Morgan fingerprint density at radius 2 is 1.87 bits per heavy atom. The zero-order chi connectivity index (χ0) is 12.1. The van der Waals surface area contributed by atoms with Crippen LogP contribution in [0.1, 0.15) is 27.7 Å². The van der Waals surface area contributed by atoms with E-state index in [2.05, 4.69) is 36.2 Å². The van der Waals surface area contributed by atoms with Crippen molar-refractivity contribution in [2.75, 3.05) is 20.3 Å². The molecule has 1 heterocycles. The lowest BCUT2D eigenvalue weighted by Gasteiger charge is -2.14. The van der Waals surface area contributed by atoms with E-state index in [9.17, 15) is 4.79 Å². The molecule has 0 aromatic heterocycles. The Kier molecular flexibility index (Phi) is 5.19. The van der Waals surface area contributed by atoms with E-state index < -0.39 is 11.4 Å². The highest BCUT2D eigenvalue weighted by molar-refractivity contribution is 5.72. The third kappa shape index (κ3) is 5.99. The van der Waals surface area contributed by atoms with Crippen LogP contribution in [0.4, 0.5) is 0 Å². The van der Waals surface area contributed by atoms with Crippen LogP contribution in [0.2, 0.25) is 0 Å². The minimum absolute atomic E-state index is 0.583. The number of nitrogens with zero attached hydrogens (tertiary/aromatic N) is 2. The highest BCUT2D eigenvalue weighted by Gasteiger charge is 2.18. The molecule has 0 aliphatic carbocycles. The maximum Gasteiger partial charge on any atom is 0.308 e. The van der Waals surface area contributed by atoms with Crippen molar-refractivity contribution in [3.8, 4) is 0 Å². The topological polar surface area (TPSA) is 43.8 Å². The van der Waals surface area contributed by atoms with E-state index >= 15 is 0 Å². The fourth-order valence-corrected chi connectivity index (χ4v) is 0.794. The molecule has 88 valence electrons. The molecule has 0 fully saturated rings. The Labute approximate surface area is 92.2 Å². The summed E-state index contributed by atoms with van der Waals surface area (Å²) in [5.74, 6) is -0.757. The van der Waals surface area contributed by atoms with Crippen LogP contribution in [-0.4, -0.2) is 41.1 Å². The normalized spacial score (nSPS) is 15.0. The molecule has 0 aromatic rings. The number of hydrogen-bond donors (Lipinski definition) is 1. The standard InChI is InChI=1S/C6H12N2.C5H10O2/c1-3-8-5-4-7(2)6-8;1-5(2,3)4(6)7/h4-5H,3,6H2,1-2H3;1-3H3,(H,6,7). The number of carboxylic acids is 1. The van der Waals surface area contributed by atoms with Gasteiger partial charge in [0.15, 0.2) is 0 Å². The summed E-state index contributed by atoms with van der Waals surface area (Å²) >= 11 is 0. The van der Waals surface area contributed by atoms with Gasteiger partial charge in [-0.2, -0.15) is 0 Å². The Hall–Kier alpha value is -1.19. The van der Waals surface area contributed by atoms with Crippen LogP contribution in [0.15, 0.2) is 12.4 Å². The van der Waals surface area contributed by atoms with Crippen molar-refractivity contribution in [3.63, 3.8) is 0 Å². The number of carboxylic acid groups (broad SMARTS) is 1. The van der Waals surface area contributed by atoms with Gasteiger partial charge in [0.1, 0.15) is 0 Å². The van der Waals surface area contributed by atoms with Crippen LogP contribution in [0.3, 0.4) is 0 Å². The Morgan fingerprint density at radius 1 is 1.40 bits per heavy atom. The lowest BCUT2D eigenvalue weighted by molar-refractivity contribution is -0.145. The summed E-state index contributed by atoms with van der Waals surface area (Å²) in [4.78, 5) is 14.4. The van der Waals surface area contributed by atoms with Crippen LogP contribution in [0, 0.1) is 5.41 Å². The molecule has 1 aliphatic rings. The molecule has 4 nitrogen and oxygen atoms in total. The van der Waals surface area contributed by atoms with Crippen molar-refractivity contribution >= 4 is 5.97 Å². The Balaban J connectivity index is 0.000000265. The van der Waals surface area contributed by atoms with Gasteiger partial charge in [-0.1, -0.05) is 0 Å². The van der Waals surface area contributed by atoms with Crippen molar-refractivity contribution in [2.45, 2.75) is 27.7 Å². The van der Waals surface area contributed by atoms with Crippen molar-refractivity contribution in [2.24, 2.45) is 5.41 Å². The molecule has 0 saturated heterocycles. The molecule has 1 N–H and O–H groups in total. The first-order valence-corrected chi connectivity index (χ1v) is 5.13. The van der Waals surface area contributed by atoms with E-state index in [0.717, 1.165) is 13.2 Å². The molecule has 0 atom stereocenters. The average molecular weight is 214 g/mol. The molecule has 0 spiro atoms. The van der Waals surface area contributed by atoms with Gasteiger partial charge in [-0.3, -0.25) is 4.79 Å². The third-order valence-electron chi connectivity index (χ3n) is 1.98. The highest BCUT2D eigenvalue weighted by atomic mass is 16.4. The van der Waals surface area contributed by atoms with Gasteiger partial charge in [0.2, 0.25) is 0 Å². The Bertz CT molecular complexity index is 231. The predicted octanol–water partition coefficient (Wildman–Crippen LogP) is 1.80. The Morgan fingerprint density at radius 3 is 2.00 bits per heavy atom. The monoisotopic (exact) mass is 214 g/mol. The van der Waals surface area contributed by atoms with E-state index in [1.54, 1.807) is 20.8 Å². The van der Waals surface area contributed by atoms with Gasteiger partial charge in [-0.25, -0.2) is 0 Å². The first-order valence-electron chi connectivity index (χ1n) is 5.13. The van der Waals surface area contributed by atoms with Crippen molar-refractivity contribution in [1.29, 1.82) is 0 Å². The van der Waals surface area contributed by atoms with Gasteiger partial charge < -0.3 is 14.9 Å². The van der Waals surface area contributed by atoms with E-state index in [0.29, 0.717) is 0 Å². The van der Waals surface area contributed by atoms with E-state index in [4.69, 9.17) is 5.11 Å². The molecular weight excluding hydrogens is 192 g/mol. The smallest absolute Gasteiger partial charge is 0.308 e. The maximum atomic E-state index is 10.0. The SMILES string of the molecule is CC(C)(C)C(=O)O.CCN1C=CN(C)C1. The number of aliphatic carboxylic acids is 1. The summed E-state index contributed by atoms with van der Waals surface area (Å²) in [5, 5.41) is 8.25. The summed E-state index contributed by atoms with van der Waals surface area (Å²) in [6.07, 6.45) is 4.20. The van der Waals surface area contributed by atoms with Gasteiger partial charge in [0, 0.05) is 26.0 Å². The number of hydrogen-bond acceptors (Lipinski definition) is 3. The second-order valence-electron chi connectivity index (χ2n) is 4.66. The van der Waals surface area contributed by atoms with Crippen LogP contribution in [0.25, 0.3) is 0 Å². The lowest BCUT2D eigenvalue weighted by atomic mass is 9.98. The number of rotatable bonds is 1. The van der Waals surface area contributed by atoms with Gasteiger partial charge >= 0.3 is 5.97 Å². The lowest BCUT2D eigenvalue weighted by Crippen LogP contribution is -2.21. The molecule has 4 heteroatoms. The predicted molar refractivity (Wildman–Crippen MR) is 61.2 cm³/mol. The first kappa shape index (κ1) is 13.8. The second-order valence-corrected chi connectivity index (χ2v) is 4.66.